The molecule has 2 amide bonds. The smallest absolute Gasteiger partial charge is 0.317 e. The highest BCUT2D eigenvalue weighted by Crippen LogP contribution is 2.20. The first-order valence-corrected chi connectivity index (χ1v) is 7.71. The maximum Gasteiger partial charge on any atom is 0.317 e. The first kappa shape index (κ1) is 18.8. The molecule has 0 saturated carbocycles. The Bertz CT molecular complexity index is 545. The summed E-state index contributed by atoms with van der Waals surface area (Å²) in [6.07, 6.45) is 0.0822. The number of nitrogens with zero attached hydrogens (tertiary/aromatic N) is 1. The molecule has 0 aliphatic carbocycles. The third-order valence-corrected chi connectivity index (χ3v) is 3.39. The largest absolute Gasteiger partial charge is 0.491 e. The Hall–Kier alpha value is -2.24. The zero-order chi connectivity index (χ0) is 17.6. The van der Waals surface area contributed by atoms with Crippen molar-refractivity contribution >= 4 is 12.0 Å². The maximum atomic E-state index is 12.1. The number of carbonyl (C=O) groups is 2. The second-order valence-corrected chi connectivity index (χ2v) is 6.03. The van der Waals surface area contributed by atoms with Crippen LogP contribution in [0.25, 0.3) is 0 Å². The zero-order valence-electron chi connectivity index (χ0n) is 14.4. The van der Waals surface area contributed by atoms with Crippen LogP contribution in [0.15, 0.2) is 24.3 Å². The van der Waals surface area contributed by atoms with E-state index in [9.17, 15) is 9.59 Å². The van der Waals surface area contributed by atoms with Crippen molar-refractivity contribution in [1.29, 1.82) is 0 Å². The molecule has 0 bridgehead atoms. The Kier molecular flexibility index (Phi) is 6.88. The molecule has 23 heavy (non-hydrogen) atoms. The number of benzene rings is 1. The summed E-state index contributed by atoms with van der Waals surface area (Å²) in [7, 11) is 1.58. The minimum absolute atomic E-state index is 0.0822. The van der Waals surface area contributed by atoms with Crippen LogP contribution in [0.4, 0.5) is 4.79 Å². The summed E-state index contributed by atoms with van der Waals surface area (Å²) in [6.45, 7) is 7.51. The molecule has 0 heterocycles. The van der Waals surface area contributed by atoms with E-state index in [-0.39, 0.29) is 24.7 Å². The van der Waals surface area contributed by atoms with E-state index in [1.165, 1.54) is 4.90 Å². The number of hydrogen-bond donors (Lipinski definition) is 2. The molecule has 6 nitrogen and oxygen atoms in total. The fourth-order valence-electron chi connectivity index (χ4n) is 2.08. The van der Waals surface area contributed by atoms with E-state index < -0.39 is 11.9 Å². The van der Waals surface area contributed by atoms with Gasteiger partial charge in [-0.1, -0.05) is 19.1 Å². The van der Waals surface area contributed by atoms with Gasteiger partial charge in [0.1, 0.15) is 5.75 Å². The molecule has 0 fully saturated rings. The summed E-state index contributed by atoms with van der Waals surface area (Å²) >= 11 is 0. The highest BCUT2D eigenvalue weighted by molar-refractivity contribution is 5.76. The first-order chi connectivity index (χ1) is 10.7. The molecular formula is C17H26N2O4. The van der Waals surface area contributed by atoms with Gasteiger partial charge in [-0.3, -0.25) is 4.79 Å². The summed E-state index contributed by atoms with van der Waals surface area (Å²) in [4.78, 5) is 24.4. The Labute approximate surface area is 137 Å². The van der Waals surface area contributed by atoms with Crippen molar-refractivity contribution in [2.24, 2.45) is 5.92 Å². The third-order valence-electron chi connectivity index (χ3n) is 3.39. The summed E-state index contributed by atoms with van der Waals surface area (Å²) in [6, 6.07) is 7.05. The summed E-state index contributed by atoms with van der Waals surface area (Å²) < 4.78 is 5.65. The molecule has 1 aromatic carbocycles. The number of carbonyl (C=O) groups excluding carboxylic acids is 1. The number of carboxylic acids is 1. The summed E-state index contributed by atoms with van der Waals surface area (Å²) in [5.74, 6) is -0.772. The summed E-state index contributed by atoms with van der Waals surface area (Å²) in [5, 5.41) is 11.8. The van der Waals surface area contributed by atoms with E-state index in [0.717, 1.165) is 11.3 Å². The molecule has 2 atom stereocenters. The molecule has 1 rings (SSSR count). The molecule has 0 aliphatic rings. The number of urea groups is 1. The van der Waals surface area contributed by atoms with Crippen LogP contribution in [0.1, 0.15) is 39.3 Å². The van der Waals surface area contributed by atoms with Crippen molar-refractivity contribution < 1.29 is 19.4 Å². The fourth-order valence-corrected chi connectivity index (χ4v) is 2.08. The van der Waals surface area contributed by atoms with Gasteiger partial charge in [-0.2, -0.15) is 0 Å². The van der Waals surface area contributed by atoms with Crippen LogP contribution in [0.5, 0.6) is 5.75 Å². The first-order valence-electron chi connectivity index (χ1n) is 7.71. The average molecular weight is 322 g/mol. The normalized spacial score (nSPS) is 13.3. The van der Waals surface area contributed by atoms with Crippen LogP contribution >= 0.6 is 0 Å². The molecule has 0 aromatic heterocycles. The van der Waals surface area contributed by atoms with E-state index in [4.69, 9.17) is 9.84 Å². The lowest BCUT2D eigenvalue weighted by atomic mass is 10.1. The van der Waals surface area contributed by atoms with E-state index in [2.05, 4.69) is 5.32 Å². The van der Waals surface area contributed by atoms with E-state index in [1.54, 1.807) is 14.0 Å². The van der Waals surface area contributed by atoms with E-state index in [0.29, 0.717) is 0 Å². The Morgan fingerprint density at radius 2 is 1.91 bits per heavy atom. The molecule has 0 aliphatic heterocycles. The van der Waals surface area contributed by atoms with Crippen molar-refractivity contribution in [3.63, 3.8) is 0 Å². The van der Waals surface area contributed by atoms with Gasteiger partial charge in [0.05, 0.1) is 18.1 Å². The van der Waals surface area contributed by atoms with Crippen molar-refractivity contribution in [2.45, 2.75) is 39.8 Å². The highest BCUT2D eigenvalue weighted by atomic mass is 16.5. The van der Waals surface area contributed by atoms with Gasteiger partial charge in [0.25, 0.3) is 0 Å². The minimum Gasteiger partial charge on any atom is -0.491 e. The fraction of sp³-hybridized carbons (Fsp3) is 0.529. The van der Waals surface area contributed by atoms with Crippen LogP contribution in [0.3, 0.4) is 0 Å². The predicted octanol–water partition coefficient (Wildman–Crippen LogP) is 2.90. The topological polar surface area (TPSA) is 78.9 Å². The Morgan fingerprint density at radius 3 is 2.48 bits per heavy atom. The number of ether oxygens (including phenoxy) is 1. The molecule has 128 valence electrons. The van der Waals surface area contributed by atoms with Gasteiger partial charge in [-0.15, -0.1) is 0 Å². The number of hydrogen-bond acceptors (Lipinski definition) is 3. The van der Waals surface area contributed by atoms with Gasteiger partial charge in [-0.25, -0.2) is 4.79 Å². The molecule has 1 aromatic rings. The summed E-state index contributed by atoms with van der Waals surface area (Å²) in [5.41, 5.74) is 0.927. The molecule has 0 saturated heterocycles. The molecule has 0 spiro atoms. The molecular weight excluding hydrogens is 296 g/mol. The van der Waals surface area contributed by atoms with Crippen LogP contribution in [-0.4, -0.2) is 41.7 Å². The van der Waals surface area contributed by atoms with Crippen LogP contribution in [0, 0.1) is 5.92 Å². The SMILES string of the molecule is CC(C)Oc1cccc(C(C)NC(=O)N(C)CC(C)C(=O)O)c1. The standard InChI is InChI=1S/C17H26N2O4/c1-11(2)23-15-8-6-7-14(9-15)13(4)18-17(22)19(5)10-12(3)16(20)21/h6-9,11-13H,10H2,1-5H3,(H,18,22)(H,20,21). The third kappa shape index (κ3) is 6.18. The monoisotopic (exact) mass is 322 g/mol. The molecule has 2 unspecified atom stereocenters. The van der Waals surface area contributed by atoms with Gasteiger partial charge in [0, 0.05) is 13.6 Å². The molecule has 6 heteroatoms. The Balaban J connectivity index is 2.66. The Morgan fingerprint density at radius 1 is 1.26 bits per heavy atom. The predicted molar refractivity (Wildman–Crippen MR) is 88.6 cm³/mol. The lowest BCUT2D eigenvalue weighted by molar-refractivity contribution is -0.141. The van der Waals surface area contributed by atoms with Gasteiger partial charge < -0.3 is 20.1 Å². The zero-order valence-corrected chi connectivity index (χ0v) is 14.4. The van der Waals surface area contributed by atoms with E-state index in [1.807, 2.05) is 45.0 Å². The van der Waals surface area contributed by atoms with Crippen molar-refractivity contribution in [3.8, 4) is 5.75 Å². The number of rotatable bonds is 7. The quantitative estimate of drug-likeness (QED) is 0.809. The van der Waals surface area contributed by atoms with Crippen molar-refractivity contribution in [2.75, 3.05) is 13.6 Å². The number of aliphatic carboxylic acids is 1. The molecule has 0 radical (unpaired) electrons. The minimum atomic E-state index is -0.920. The van der Waals surface area contributed by atoms with Gasteiger partial charge in [-0.05, 0) is 38.5 Å². The lowest BCUT2D eigenvalue weighted by Crippen LogP contribution is -2.41. The second kappa shape index (κ2) is 8.41. The van der Waals surface area contributed by atoms with Gasteiger partial charge in [0.2, 0.25) is 0 Å². The number of amides is 2. The van der Waals surface area contributed by atoms with Crippen LogP contribution in [0.2, 0.25) is 0 Å². The highest BCUT2D eigenvalue weighted by Gasteiger charge is 2.19. The van der Waals surface area contributed by atoms with E-state index >= 15 is 0 Å². The number of carboxylic acid groups (broad SMARTS) is 1. The van der Waals surface area contributed by atoms with Crippen molar-refractivity contribution in [1.82, 2.24) is 10.2 Å². The average Bonchev–Trinajstić information content (AvgIpc) is 2.46. The van der Waals surface area contributed by atoms with Crippen LogP contribution < -0.4 is 10.1 Å². The number of nitrogens with one attached hydrogen (secondary N) is 1. The van der Waals surface area contributed by atoms with Gasteiger partial charge in [0.15, 0.2) is 0 Å². The maximum absolute atomic E-state index is 12.1. The molecule has 2 N–H and O–H groups in total. The van der Waals surface area contributed by atoms with Crippen molar-refractivity contribution in [3.05, 3.63) is 29.8 Å². The van der Waals surface area contributed by atoms with Crippen LogP contribution in [-0.2, 0) is 4.79 Å². The lowest BCUT2D eigenvalue weighted by Gasteiger charge is -2.23. The van der Waals surface area contributed by atoms with Gasteiger partial charge >= 0.3 is 12.0 Å². The second-order valence-electron chi connectivity index (χ2n) is 6.03.